The molecule has 0 bridgehead atoms. The molecule has 2 N–H and O–H groups in total. The number of amides is 4. The highest BCUT2D eigenvalue weighted by molar-refractivity contribution is 6.11. The van der Waals surface area contributed by atoms with Crippen molar-refractivity contribution in [3.63, 3.8) is 0 Å². The third kappa shape index (κ3) is 4.49. The molecule has 156 valence electrons. The van der Waals surface area contributed by atoms with E-state index in [2.05, 4.69) is 10.6 Å². The quantitative estimate of drug-likeness (QED) is 0.542. The molecule has 2 fully saturated rings. The number of rotatable bonds is 7. The van der Waals surface area contributed by atoms with Gasteiger partial charge in [0.25, 0.3) is 5.91 Å². The minimum atomic E-state index is -0.925. The molecule has 29 heavy (non-hydrogen) atoms. The van der Waals surface area contributed by atoms with Crippen molar-refractivity contribution < 1.29 is 19.2 Å². The second-order valence-electron chi connectivity index (χ2n) is 8.16. The van der Waals surface area contributed by atoms with Gasteiger partial charge in [0.15, 0.2) is 5.78 Å². The zero-order valence-corrected chi connectivity index (χ0v) is 17.1. The van der Waals surface area contributed by atoms with Gasteiger partial charge in [0.1, 0.15) is 5.54 Å². The van der Waals surface area contributed by atoms with E-state index in [1.807, 2.05) is 6.92 Å². The Morgan fingerprint density at radius 1 is 1.14 bits per heavy atom. The summed E-state index contributed by atoms with van der Waals surface area (Å²) in [6.45, 7) is 3.42. The summed E-state index contributed by atoms with van der Waals surface area (Å²) in [5, 5.41) is 5.60. The number of imide groups is 1. The van der Waals surface area contributed by atoms with Crippen molar-refractivity contribution in [3.05, 3.63) is 29.8 Å². The van der Waals surface area contributed by atoms with Crippen molar-refractivity contribution in [1.29, 1.82) is 0 Å². The zero-order chi connectivity index (χ0) is 21.0. The second-order valence-corrected chi connectivity index (χ2v) is 8.16. The first kappa shape index (κ1) is 21.0. The minimum absolute atomic E-state index is 0.0760. The lowest BCUT2D eigenvalue weighted by Crippen LogP contribution is -2.51. The molecule has 1 aliphatic heterocycles. The number of nitrogens with zero attached hydrogens (tertiary/aromatic N) is 1. The van der Waals surface area contributed by atoms with Crippen LogP contribution in [0.25, 0.3) is 0 Å². The van der Waals surface area contributed by atoms with Crippen LogP contribution in [0.3, 0.4) is 0 Å². The molecular formula is C22H29N3O4. The molecule has 0 aromatic heterocycles. The first-order chi connectivity index (χ1) is 13.8. The van der Waals surface area contributed by atoms with Gasteiger partial charge in [0.05, 0.1) is 6.54 Å². The number of ketones is 1. The maximum absolute atomic E-state index is 13.0. The van der Waals surface area contributed by atoms with Gasteiger partial charge in [-0.1, -0.05) is 26.2 Å². The molecule has 2 aliphatic rings. The van der Waals surface area contributed by atoms with Gasteiger partial charge in [-0.25, -0.2) is 4.79 Å². The number of hydrogen-bond acceptors (Lipinski definition) is 4. The van der Waals surface area contributed by atoms with Gasteiger partial charge >= 0.3 is 6.03 Å². The van der Waals surface area contributed by atoms with Crippen LogP contribution in [0.1, 0.15) is 69.2 Å². The van der Waals surface area contributed by atoms with Gasteiger partial charge in [0.2, 0.25) is 5.91 Å². The Morgan fingerprint density at radius 2 is 1.79 bits per heavy atom. The number of anilines is 1. The number of hydrogen-bond donors (Lipinski definition) is 2. The molecule has 1 atom stereocenters. The maximum atomic E-state index is 13.0. The molecule has 7 heteroatoms. The van der Waals surface area contributed by atoms with E-state index in [-0.39, 0.29) is 30.1 Å². The largest absolute Gasteiger partial charge is 0.326 e. The molecular weight excluding hydrogens is 370 g/mol. The van der Waals surface area contributed by atoms with Crippen molar-refractivity contribution >= 4 is 29.3 Å². The van der Waals surface area contributed by atoms with Crippen LogP contribution in [0.4, 0.5) is 10.5 Å². The molecule has 4 amide bonds. The smallest absolute Gasteiger partial charge is 0.325 e. The highest BCUT2D eigenvalue weighted by Gasteiger charge is 2.52. The Hall–Kier alpha value is -2.70. The lowest BCUT2D eigenvalue weighted by Gasteiger charge is -2.34. The molecule has 1 heterocycles. The summed E-state index contributed by atoms with van der Waals surface area (Å²) < 4.78 is 0. The number of carbonyl (C=O) groups excluding carboxylic acids is 4. The van der Waals surface area contributed by atoms with Crippen LogP contribution in [-0.2, 0) is 9.59 Å². The van der Waals surface area contributed by atoms with Crippen LogP contribution in [0, 0.1) is 5.92 Å². The van der Waals surface area contributed by atoms with E-state index in [1.54, 1.807) is 31.2 Å². The van der Waals surface area contributed by atoms with Gasteiger partial charge in [-0.05, 0) is 56.4 Å². The Bertz CT molecular complexity index is 799. The fourth-order valence-electron chi connectivity index (χ4n) is 4.24. The van der Waals surface area contributed by atoms with E-state index in [1.165, 1.54) is 0 Å². The number of Topliss-reactive ketones (excluding diaryl/α,β-unsaturated/α-hetero) is 1. The second kappa shape index (κ2) is 8.76. The lowest BCUT2D eigenvalue weighted by atomic mass is 9.75. The Balaban J connectivity index is 1.64. The average Bonchev–Trinajstić information content (AvgIpc) is 2.93. The molecule has 0 spiro atoms. The first-order valence-corrected chi connectivity index (χ1v) is 10.4. The Labute approximate surface area is 171 Å². The molecule has 1 aliphatic carbocycles. The van der Waals surface area contributed by atoms with E-state index in [0.717, 1.165) is 43.4 Å². The summed E-state index contributed by atoms with van der Waals surface area (Å²) in [5.74, 6) is -0.592. The number of benzene rings is 1. The van der Waals surface area contributed by atoms with Crippen molar-refractivity contribution in [3.8, 4) is 0 Å². The van der Waals surface area contributed by atoms with Gasteiger partial charge in [0, 0.05) is 17.7 Å². The van der Waals surface area contributed by atoms with E-state index in [4.69, 9.17) is 0 Å². The Kier molecular flexibility index (Phi) is 6.35. The molecule has 7 nitrogen and oxygen atoms in total. The third-order valence-corrected chi connectivity index (χ3v) is 5.99. The van der Waals surface area contributed by atoms with E-state index in [0.29, 0.717) is 17.7 Å². The summed E-state index contributed by atoms with van der Waals surface area (Å²) in [6.07, 6.45) is 6.30. The molecule has 1 saturated heterocycles. The van der Waals surface area contributed by atoms with E-state index < -0.39 is 11.6 Å². The van der Waals surface area contributed by atoms with E-state index in [9.17, 15) is 19.2 Å². The minimum Gasteiger partial charge on any atom is -0.326 e. The number of nitrogens with one attached hydrogen (secondary N) is 2. The molecule has 1 aromatic carbocycles. The highest BCUT2D eigenvalue weighted by Crippen LogP contribution is 2.36. The molecule has 0 radical (unpaired) electrons. The Morgan fingerprint density at radius 3 is 2.41 bits per heavy atom. The van der Waals surface area contributed by atoms with Crippen molar-refractivity contribution in [2.24, 2.45) is 5.92 Å². The highest BCUT2D eigenvalue weighted by atomic mass is 16.2. The molecule has 3 rings (SSSR count). The summed E-state index contributed by atoms with van der Waals surface area (Å²) in [6, 6.07) is 6.00. The lowest BCUT2D eigenvalue weighted by molar-refractivity contribution is -0.132. The summed E-state index contributed by atoms with van der Waals surface area (Å²) in [4.78, 5) is 50.8. The molecule has 1 aromatic rings. The standard InChI is InChI=1S/C22H29N3O4/c1-3-7-19(27)23-17-12-10-15(11-13-17)18(26)14-25-20(28)22(2,24-21(25)29)16-8-5-4-6-9-16/h10-13,16H,3-9,14H2,1-2H3,(H,23,27)(H,24,29)/t22-/m1/s1. The maximum Gasteiger partial charge on any atom is 0.325 e. The fraction of sp³-hybridized carbons (Fsp3) is 0.545. The SMILES string of the molecule is CCCC(=O)Nc1ccc(C(=O)CN2C(=O)N[C@](C)(C3CCCCC3)C2=O)cc1. The third-order valence-electron chi connectivity index (χ3n) is 5.99. The van der Waals surface area contributed by atoms with Crippen molar-refractivity contribution in [1.82, 2.24) is 10.2 Å². The molecule has 0 unspecified atom stereocenters. The van der Waals surface area contributed by atoms with Crippen LogP contribution in [-0.4, -0.2) is 40.6 Å². The fourth-order valence-corrected chi connectivity index (χ4v) is 4.24. The predicted molar refractivity (Wildman–Crippen MR) is 110 cm³/mol. The van der Waals surface area contributed by atoms with Crippen molar-refractivity contribution in [2.75, 3.05) is 11.9 Å². The van der Waals surface area contributed by atoms with Crippen LogP contribution in [0.5, 0.6) is 0 Å². The summed E-state index contributed by atoms with van der Waals surface area (Å²) in [7, 11) is 0. The topological polar surface area (TPSA) is 95.6 Å². The molecule has 1 saturated carbocycles. The van der Waals surface area contributed by atoms with Gasteiger partial charge in [-0.15, -0.1) is 0 Å². The monoisotopic (exact) mass is 399 g/mol. The first-order valence-electron chi connectivity index (χ1n) is 10.4. The van der Waals surface area contributed by atoms with Crippen LogP contribution >= 0.6 is 0 Å². The van der Waals surface area contributed by atoms with Gasteiger partial charge < -0.3 is 10.6 Å². The van der Waals surface area contributed by atoms with Crippen LogP contribution in [0.2, 0.25) is 0 Å². The van der Waals surface area contributed by atoms with Gasteiger partial charge in [-0.3, -0.25) is 19.3 Å². The average molecular weight is 399 g/mol. The number of carbonyl (C=O) groups is 4. The van der Waals surface area contributed by atoms with Crippen LogP contribution in [0.15, 0.2) is 24.3 Å². The summed E-state index contributed by atoms with van der Waals surface area (Å²) >= 11 is 0. The number of urea groups is 1. The van der Waals surface area contributed by atoms with E-state index >= 15 is 0 Å². The normalized spacial score (nSPS) is 22.5. The van der Waals surface area contributed by atoms with Crippen molar-refractivity contribution in [2.45, 2.75) is 64.3 Å². The van der Waals surface area contributed by atoms with Gasteiger partial charge in [-0.2, -0.15) is 0 Å². The zero-order valence-electron chi connectivity index (χ0n) is 17.1. The van der Waals surface area contributed by atoms with Crippen LogP contribution < -0.4 is 10.6 Å². The summed E-state index contributed by atoms with van der Waals surface area (Å²) in [5.41, 5.74) is 0.0794. The predicted octanol–water partition coefficient (Wildman–Crippen LogP) is 3.50.